The van der Waals surface area contributed by atoms with Crippen LogP contribution in [-0.4, -0.2) is 0 Å². The van der Waals surface area contributed by atoms with Crippen molar-refractivity contribution in [2.75, 3.05) is 0 Å². The third-order valence-electron chi connectivity index (χ3n) is 3.31. The number of alkyl halides is 1. The summed E-state index contributed by atoms with van der Waals surface area (Å²) < 4.78 is 13.7. The number of benzene rings is 2. The highest BCUT2D eigenvalue weighted by Gasteiger charge is 2.16. The largest absolute Gasteiger partial charge is 0.206 e. The summed E-state index contributed by atoms with van der Waals surface area (Å²) in [6.45, 7) is 6.53. The van der Waals surface area contributed by atoms with Gasteiger partial charge in [0.05, 0.1) is 9.85 Å². The van der Waals surface area contributed by atoms with Crippen molar-refractivity contribution >= 4 is 27.5 Å². The molecule has 0 aromatic heterocycles. The zero-order valence-corrected chi connectivity index (χ0v) is 14.1. The van der Waals surface area contributed by atoms with E-state index in [1.807, 2.05) is 12.1 Å². The van der Waals surface area contributed by atoms with Crippen molar-refractivity contribution in [3.05, 3.63) is 69.4 Å². The van der Waals surface area contributed by atoms with Crippen molar-refractivity contribution in [3.63, 3.8) is 0 Å². The molecule has 106 valence electrons. The quantitative estimate of drug-likeness (QED) is 0.561. The first kappa shape index (κ1) is 15.5. The molecule has 2 aromatic carbocycles. The van der Waals surface area contributed by atoms with Gasteiger partial charge in [0.15, 0.2) is 0 Å². The predicted octanol–water partition coefficient (Wildman–Crippen LogP) is 6.21. The van der Waals surface area contributed by atoms with Gasteiger partial charge >= 0.3 is 0 Å². The zero-order valence-electron chi connectivity index (χ0n) is 11.8. The second kappa shape index (κ2) is 5.87. The number of hydrogen-bond donors (Lipinski definition) is 0. The first-order valence-corrected chi connectivity index (χ1v) is 7.71. The van der Waals surface area contributed by atoms with Crippen LogP contribution in [0.25, 0.3) is 0 Å². The van der Waals surface area contributed by atoms with Crippen molar-refractivity contribution in [3.8, 4) is 0 Å². The molecule has 0 N–H and O–H groups in total. The molecule has 0 spiro atoms. The molecule has 0 fully saturated rings. The van der Waals surface area contributed by atoms with E-state index >= 15 is 0 Å². The standard InChI is InChI=1S/C17H17BrClF/c1-17(2,3)13-7-4-11(5-8-13)16(19)12-6-9-15(20)14(18)10-12/h4-10,16H,1-3H3. The zero-order chi connectivity index (χ0) is 14.9. The van der Waals surface area contributed by atoms with Crippen LogP contribution < -0.4 is 0 Å². The van der Waals surface area contributed by atoms with Gasteiger partial charge < -0.3 is 0 Å². The average Bonchev–Trinajstić information content (AvgIpc) is 2.40. The van der Waals surface area contributed by atoms with E-state index in [-0.39, 0.29) is 16.6 Å². The van der Waals surface area contributed by atoms with Crippen LogP contribution in [0.1, 0.15) is 42.8 Å². The molecular formula is C17H17BrClF. The van der Waals surface area contributed by atoms with Gasteiger partial charge in [-0.05, 0) is 50.2 Å². The lowest BCUT2D eigenvalue weighted by Gasteiger charge is -2.20. The third-order valence-corrected chi connectivity index (χ3v) is 4.42. The molecule has 20 heavy (non-hydrogen) atoms. The monoisotopic (exact) mass is 354 g/mol. The first-order valence-electron chi connectivity index (χ1n) is 6.48. The molecule has 0 saturated heterocycles. The first-order chi connectivity index (χ1) is 9.29. The van der Waals surface area contributed by atoms with Gasteiger partial charge in [-0.3, -0.25) is 0 Å². The van der Waals surface area contributed by atoms with Crippen LogP contribution in [0, 0.1) is 5.82 Å². The molecule has 0 saturated carbocycles. The molecule has 3 heteroatoms. The smallest absolute Gasteiger partial charge is 0.137 e. The van der Waals surface area contributed by atoms with Crippen LogP contribution in [0.2, 0.25) is 0 Å². The lowest BCUT2D eigenvalue weighted by atomic mass is 9.86. The lowest BCUT2D eigenvalue weighted by Crippen LogP contribution is -2.10. The molecule has 0 aliphatic carbocycles. The van der Waals surface area contributed by atoms with Gasteiger partial charge in [-0.25, -0.2) is 4.39 Å². The highest BCUT2D eigenvalue weighted by molar-refractivity contribution is 9.10. The van der Waals surface area contributed by atoms with Crippen molar-refractivity contribution in [2.24, 2.45) is 0 Å². The van der Waals surface area contributed by atoms with Crippen LogP contribution in [0.5, 0.6) is 0 Å². The van der Waals surface area contributed by atoms with E-state index in [1.54, 1.807) is 12.1 Å². The van der Waals surface area contributed by atoms with E-state index in [0.717, 1.165) is 11.1 Å². The van der Waals surface area contributed by atoms with Gasteiger partial charge in [0.1, 0.15) is 5.82 Å². The third kappa shape index (κ3) is 3.42. The van der Waals surface area contributed by atoms with Gasteiger partial charge in [-0.15, -0.1) is 11.6 Å². The fraction of sp³-hybridized carbons (Fsp3) is 0.294. The Labute approximate surface area is 133 Å². The van der Waals surface area contributed by atoms with E-state index in [4.69, 9.17) is 11.6 Å². The minimum Gasteiger partial charge on any atom is -0.206 e. The predicted molar refractivity (Wildman–Crippen MR) is 86.9 cm³/mol. The maximum atomic E-state index is 13.3. The second-order valence-corrected chi connectivity index (χ2v) is 7.20. The molecule has 0 aliphatic heterocycles. The molecular weight excluding hydrogens is 339 g/mol. The summed E-state index contributed by atoms with van der Waals surface area (Å²) >= 11 is 9.67. The van der Waals surface area contributed by atoms with Crippen molar-refractivity contribution in [1.82, 2.24) is 0 Å². The summed E-state index contributed by atoms with van der Waals surface area (Å²) in [6.07, 6.45) is 0. The minimum atomic E-state index is -0.277. The summed E-state index contributed by atoms with van der Waals surface area (Å²) in [5.41, 5.74) is 3.28. The van der Waals surface area contributed by atoms with Gasteiger partial charge in [-0.1, -0.05) is 51.1 Å². The van der Waals surface area contributed by atoms with Crippen molar-refractivity contribution in [1.29, 1.82) is 0 Å². The van der Waals surface area contributed by atoms with Crippen LogP contribution in [0.15, 0.2) is 46.9 Å². The normalized spacial score (nSPS) is 13.3. The van der Waals surface area contributed by atoms with E-state index < -0.39 is 0 Å². The molecule has 0 radical (unpaired) electrons. The summed E-state index contributed by atoms with van der Waals surface area (Å²) in [5.74, 6) is -0.277. The van der Waals surface area contributed by atoms with E-state index in [2.05, 4.69) is 48.8 Å². The Kier molecular flexibility index (Phi) is 4.55. The molecule has 1 unspecified atom stereocenters. The van der Waals surface area contributed by atoms with Crippen LogP contribution in [0.3, 0.4) is 0 Å². The Morgan fingerprint density at radius 1 is 1.00 bits per heavy atom. The topological polar surface area (TPSA) is 0 Å². The summed E-state index contributed by atoms with van der Waals surface area (Å²) in [5, 5.41) is -0.277. The number of rotatable bonds is 2. The van der Waals surface area contributed by atoms with Gasteiger partial charge in [0, 0.05) is 0 Å². The fourth-order valence-corrected chi connectivity index (χ4v) is 2.69. The molecule has 0 amide bonds. The van der Waals surface area contributed by atoms with Crippen LogP contribution in [-0.2, 0) is 5.41 Å². The summed E-state index contributed by atoms with van der Waals surface area (Å²) in [7, 11) is 0. The second-order valence-electron chi connectivity index (χ2n) is 5.91. The number of halogens is 3. The Morgan fingerprint density at radius 3 is 2.05 bits per heavy atom. The molecule has 0 nitrogen and oxygen atoms in total. The maximum absolute atomic E-state index is 13.3. The summed E-state index contributed by atoms with van der Waals surface area (Å²) in [6, 6.07) is 13.1. The molecule has 2 aromatic rings. The molecule has 0 aliphatic rings. The molecule has 0 heterocycles. The average molecular weight is 356 g/mol. The maximum Gasteiger partial charge on any atom is 0.137 e. The lowest BCUT2D eigenvalue weighted by molar-refractivity contribution is 0.590. The van der Waals surface area contributed by atoms with Crippen molar-refractivity contribution < 1.29 is 4.39 Å². The Balaban J connectivity index is 2.29. The minimum absolute atomic E-state index is 0.124. The van der Waals surface area contributed by atoms with Gasteiger partial charge in [0.2, 0.25) is 0 Å². The number of hydrogen-bond acceptors (Lipinski definition) is 0. The van der Waals surface area contributed by atoms with Crippen LogP contribution in [0.4, 0.5) is 4.39 Å². The van der Waals surface area contributed by atoms with E-state index in [1.165, 1.54) is 11.6 Å². The molecule has 1 atom stereocenters. The van der Waals surface area contributed by atoms with E-state index in [9.17, 15) is 4.39 Å². The fourth-order valence-electron chi connectivity index (χ4n) is 2.01. The molecule has 0 bridgehead atoms. The van der Waals surface area contributed by atoms with E-state index in [0.29, 0.717) is 4.47 Å². The highest BCUT2D eigenvalue weighted by Crippen LogP contribution is 2.32. The molecule has 2 rings (SSSR count). The highest BCUT2D eigenvalue weighted by atomic mass is 79.9. The summed E-state index contributed by atoms with van der Waals surface area (Å²) in [4.78, 5) is 0. The SMILES string of the molecule is CC(C)(C)c1ccc(C(Cl)c2ccc(F)c(Br)c2)cc1. The Hall–Kier alpha value is -0.860. The van der Waals surface area contributed by atoms with Crippen LogP contribution >= 0.6 is 27.5 Å². The van der Waals surface area contributed by atoms with Crippen molar-refractivity contribution in [2.45, 2.75) is 31.6 Å². The van der Waals surface area contributed by atoms with Gasteiger partial charge in [0.25, 0.3) is 0 Å². The Bertz CT molecular complexity index is 599. The Morgan fingerprint density at radius 2 is 1.55 bits per heavy atom. The van der Waals surface area contributed by atoms with Gasteiger partial charge in [-0.2, -0.15) is 0 Å².